The van der Waals surface area contributed by atoms with Crippen molar-refractivity contribution in [2.45, 2.75) is 65.5 Å². The number of hydrogen-bond acceptors (Lipinski definition) is 2. The lowest BCUT2D eigenvalue weighted by molar-refractivity contribution is 0.0148. The van der Waals surface area contributed by atoms with Gasteiger partial charge in [-0.05, 0) is 31.1 Å². The van der Waals surface area contributed by atoms with Crippen LogP contribution in [0.1, 0.15) is 53.4 Å². The maximum absolute atomic E-state index is 5.57. The topological polar surface area (TPSA) is 21.3 Å². The third kappa shape index (κ3) is 4.06. The maximum Gasteiger partial charge on any atom is 0.0743 e. The van der Waals surface area contributed by atoms with Gasteiger partial charge < -0.3 is 10.1 Å². The van der Waals surface area contributed by atoms with Crippen LogP contribution in [0.25, 0.3) is 0 Å². The molecule has 0 saturated heterocycles. The molecule has 2 atom stereocenters. The Balaban J connectivity index is 2.31. The quantitative estimate of drug-likeness (QED) is 0.778. The van der Waals surface area contributed by atoms with E-state index in [9.17, 15) is 0 Å². The van der Waals surface area contributed by atoms with E-state index < -0.39 is 0 Å². The van der Waals surface area contributed by atoms with E-state index in [-0.39, 0.29) is 5.41 Å². The Labute approximate surface area is 101 Å². The number of nitrogens with one attached hydrogen (secondary N) is 1. The molecule has 0 aliphatic heterocycles. The normalized spacial score (nSPS) is 22.3. The summed E-state index contributed by atoms with van der Waals surface area (Å²) < 4.78 is 5.57. The van der Waals surface area contributed by atoms with Crippen LogP contribution in [0.15, 0.2) is 0 Å². The molecule has 0 spiro atoms. The average molecular weight is 227 g/mol. The van der Waals surface area contributed by atoms with Crippen molar-refractivity contribution in [1.82, 2.24) is 5.32 Å². The van der Waals surface area contributed by atoms with Gasteiger partial charge in [-0.25, -0.2) is 0 Å². The molecule has 0 aromatic heterocycles. The zero-order chi connectivity index (χ0) is 12.2. The van der Waals surface area contributed by atoms with Crippen molar-refractivity contribution >= 4 is 0 Å². The first-order chi connectivity index (χ1) is 7.45. The monoisotopic (exact) mass is 227 g/mol. The third-order valence-corrected chi connectivity index (χ3v) is 3.98. The Morgan fingerprint density at radius 2 is 1.81 bits per heavy atom. The molecule has 1 N–H and O–H groups in total. The van der Waals surface area contributed by atoms with Crippen LogP contribution >= 0.6 is 0 Å². The summed E-state index contributed by atoms with van der Waals surface area (Å²) in [7, 11) is 1.82. The minimum absolute atomic E-state index is 0.219. The Morgan fingerprint density at radius 3 is 2.25 bits per heavy atom. The van der Waals surface area contributed by atoms with Gasteiger partial charge in [0.1, 0.15) is 0 Å². The molecule has 0 aromatic carbocycles. The van der Waals surface area contributed by atoms with Crippen molar-refractivity contribution in [3.8, 4) is 0 Å². The van der Waals surface area contributed by atoms with Crippen molar-refractivity contribution in [3.05, 3.63) is 0 Å². The molecule has 1 aliphatic carbocycles. The summed E-state index contributed by atoms with van der Waals surface area (Å²) >= 11 is 0. The highest BCUT2D eigenvalue weighted by Gasteiger charge is 2.26. The molecular formula is C14H29NO. The lowest BCUT2D eigenvalue weighted by Crippen LogP contribution is -2.43. The van der Waals surface area contributed by atoms with Crippen LogP contribution < -0.4 is 5.32 Å². The lowest BCUT2D eigenvalue weighted by atomic mass is 9.88. The molecule has 1 saturated carbocycles. The fourth-order valence-corrected chi connectivity index (χ4v) is 2.66. The van der Waals surface area contributed by atoms with Crippen LogP contribution in [0.5, 0.6) is 0 Å². The first-order valence-corrected chi connectivity index (χ1v) is 6.71. The maximum atomic E-state index is 5.57. The van der Waals surface area contributed by atoms with Gasteiger partial charge in [0.15, 0.2) is 0 Å². The number of hydrogen-bond donors (Lipinski definition) is 1. The van der Waals surface area contributed by atoms with Crippen LogP contribution in [0.2, 0.25) is 0 Å². The second-order valence-corrected chi connectivity index (χ2v) is 6.33. The summed E-state index contributed by atoms with van der Waals surface area (Å²) in [5, 5.41) is 3.66. The first kappa shape index (κ1) is 14.0. The van der Waals surface area contributed by atoms with Crippen molar-refractivity contribution in [3.63, 3.8) is 0 Å². The Morgan fingerprint density at radius 1 is 1.25 bits per heavy atom. The first-order valence-electron chi connectivity index (χ1n) is 6.71. The standard InChI is InChI=1S/C14H29NO/c1-11(12-8-6-7-9-12)15-10-13(16-5)14(2,3)4/h11-13,15H,6-10H2,1-5H3. The van der Waals surface area contributed by atoms with Gasteiger partial charge in [0.25, 0.3) is 0 Å². The molecule has 0 radical (unpaired) electrons. The van der Waals surface area contributed by atoms with E-state index in [1.807, 2.05) is 7.11 Å². The minimum Gasteiger partial charge on any atom is -0.380 e. The predicted octanol–water partition coefficient (Wildman–Crippen LogP) is 3.22. The summed E-state index contributed by atoms with van der Waals surface area (Å²) in [6.45, 7) is 10.0. The lowest BCUT2D eigenvalue weighted by Gasteiger charge is -2.31. The van der Waals surface area contributed by atoms with Crippen molar-refractivity contribution in [2.75, 3.05) is 13.7 Å². The van der Waals surface area contributed by atoms with Gasteiger partial charge in [0.05, 0.1) is 6.10 Å². The smallest absolute Gasteiger partial charge is 0.0743 e. The number of methoxy groups -OCH3 is 1. The predicted molar refractivity (Wildman–Crippen MR) is 69.7 cm³/mol. The van der Waals surface area contributed by atoms with E-state index in [2.05, 4.69) is 33.0 Å². The summed E-state index contributed by atoms with van der Waals surface area (Å²) in [6.07, 6.45) is 5.95. The second kappa shape index (κ2) is 6.02. The Kier molecular flexibility index (Phi) is 5.26. The molecule has 1 aliphatic rings. The zero-order valence-electron chi connectivity index (χ0n) is 11.7. The van der Waals surface area contributed by atoms with Gasteiger partial charge in [0.2, 0.25) is 0 Å². The molecule has 16 heavy (non-hydrogen) atoms. The molecule has 1 fully saturated rings. The molecule has 0 amide bonds. The van der Waals surface area contributed by atoms with Gasteiger partial charge in [0, 0.05) is 19.7 Å². The number of ether oxygens (including phenoxy) is 1. The van der Waals surface area contributed by atoms with Crippen LogP contribution in [-0.2, 0) is 4.74 Å². The summed E-state index contributed by atoms with van der Waals surface area (Å²) in [4.78, 5) is 0. The minimum atomic E-state index is 0.219. The van der Waals surface area contributed by atoms with Gasteiger partial charge in [-0.3, -0.25) is 0 Å². The van der Waals surface area contributed by atoms with E-state index in [0.29, 0.717) is 12.1 Å². The Bertz CT molecular complexity index is 191. The zero-order valence-corrected chi connectivity index (χ0v) is 11.7. The molecule has 0 aromatic rings. The molecule has 0 bridgehead atoms. The van der Waals surface area contributed by atoms with Crippen LogP contribution in [0.3, 0.4) is 0 Å². The van der Waals surface area contributed by atoms with Crippen LogP contribution in [0.4, 0.5) is 0 Å². The van der Waals surface area contributed by atoms with E-state index in [1.165, 1.54) is 25.7 Å². The van der Waals surface area contributed by atoms with E-state index in [4.69, 9.17) is 4.74 Å². The highest BCUT2D eigenvalue weighted by molar-refractivity contribution is 4.81. The molecule has 2 nitrogen and oxygen atoms in total. The Hall–Kier alpha value is -0.0800. The van der Waals surface area contributed by atoms with Gasteiger partial charge >= 0.3 is 0 Å². The van der Waals surface area contributed by atoms with Crippen LogP contribution in [-0.4, -0.2) is 25.8 Å². The van der Waals surface area contributed by atoms with E-state index in [1.54, 1.807) is 0 Å². The SMILES string of the molecule is COC(CNC(C)C1CCCC1)C(C)(C)C. The fraction of sp³-hybridized carbons (Fsp3) is 1.00. The summed E-state index contributed by atoms with van der Waals surface area (Å²) in [6, 6.07) is 0.641. The molecule has 96 valence electrons. The largest absolute Gasteiger partial charge is 0.380 e. The third-order valence-electron chi connectivity index (χ3n) is 3.98. The van der Waals surface area contributed by atoms with Gasteiger partial charge in [-0.15, -0.1) is 0 Å². The molecule has 2 unspecified atom stereocenters. The van der Waals surface area contributed by atoms with Crippen LogP contribution in [0, 0.1) is 11.3 Å². The van der Waals surface area contributed by atoms with E-state index in [0.717, 1.165) is 12.5 Å². The van der Waals surface area contributed by atoms with Gasteiger partial charge in [-0.1, -0.05) is 33.6 Å². The van der Waals surface area contributed by atoms with E-state index >= 15 is 0 Å². The summed E-state index contributed by atoms with van der Waals surface area (Å²) in [5.74, 6) is 0.887. The summed E-state index contributed by atoms with van der Waals surface area (Å²) in [5.41, 5.74) is 0.219. The molecule has 1 rings (SSSR count). The highest BCUT2D eigenvalue weighted by Crippen LogP contribution is 2.28. The highest BCUT2D eigenvalue weighted by atomic mass is 16.5. The fourth-order valence-electron chi connectivity index (χ4n) is 2.66. The average Bonchev–Trinajstić information content (AvgIpc) is 2.68. The molecule has 0 heterocycles. The van der Waals surface area contributed by atoms with Gasteiger partial charge in [-0.2, -0.15) is 0 Å². The number of rotatable bonds is 5. The van der Waals surface area contributed by atoms with Crippen molar-refractivity contribution in [1.29, 1.82) is 0 Å². The second-order valence-electron chi connectivity index (χ2n) is 6.33. The van der Waals surface area contributed by atoms with Crippen molar-refractivity contribution in [2.24, 2.45) is 11.3 Å². The van der Waals surface area contributed by atoms with Crippen molar-refractivity contribution < 1.29 is 4.74 Å². The molecule has 2 heteroatoms. The molecular weight excluding hydrogens is 198 g/mol.